The summed E-state index contributed by atoms with van der Waals surface area (Å²) >= 11 is 0. The number of ether oxygens (including phenoxy) is 1. The Balaban J connectivity index is 1.67. The van der Waals surface area contributed by atoms with Crippen LogP contribution in [0, 0.1) is 0 Å². The Morgan fingerprint density at radius 1 is 1.04 bits per heavy atom. The van der Waals surface area contributed by atoms with Crippen molar-refractivity contribution in [2.24, 2.45) is 0 Å². The summed E-state index contributed by atoms with van der Waals surface area (Å²) in [5.41, 5.74) is 4.10. The molecule has 4 heteroatoms. The lowest BCUT2D eigenvalue weighted by Gasteiger charge is -2.16. The van der Waals surface area contributed by atoms with E-state index in [4.69, 9.17) is 4.74 Å². The zero-order valence-corrected chi connectivity index (χ0v) is 13.5. The molecule has 1 heterocycles. The topological polar surface area (TPSA) is 47.0 Å². The highest BCUT2D eigenvalue weighted by atomic mass is 16.5. The number of aromatic nitrogens is 2. The summed E-state index contributed by atoms with van der Waals surface area (Å²) in [5, 5.41) is 3.48. The molecule has 3 rings (SSSR count). The molecule has 0 spiro atoms. The van der Waals surface area contributed by atoms with E-state index in [0.717, 1.165) is 35.4 Å². The molecule has 4 nitrogen and oxygen atoms in total. The number of benzene rings is 2. The molecule has 0 radical (unpaired) electrons. The molecule has 1 aromatic heterocycles. The zero-order valence-electron chi connectivity index (χ0n) is 13.5. The molecule has 1 unspecified atom stereocenters. The number of nitrogens with zero attached hydrogens (tertiary/aromatic N) is 2. The van der Waals surface area contributed by atoms with Crippen LogP contribution in [-0.2, 0) is 0 Å². The van der Waals surface area contributed by atoms with Gasteiger partial charge in [0.2, 0.25) is 0 Å². The summed E-state index contributed by atoms with van der Waals surface area (Å²) in [5.74, 6) is 1.37. The van der Waals surface area contributed by atoms with Crippen molar-refractivity contribution in [2.75, 3.05) is 19.0 Å². The van der Waals surface area contributed by atoms with Gasteiger partial charge in [0.15, 0.2) is 0 Å². The molecule has 0 aliphatic carbocycles. The summed E-state index contributed by atoms with van der Waals surface area (Å²) in [4.78, 5) is 8.76. The lowest BCUT2D eigenvalue weighted by Crippen LogP contribution is -2.07. The third kappa shape index (κ3) is 3.42. The first-order chi connectivity index (χ1) is 11.3. The van der Waals surface area contributed by atoms with Gasteiger partial charge < -0.3 is 10.1 Å². The number of methoxy groups -OCH3 is 1. The van der Waals surface area contributed by atoms with Gasteiger partial charge in [0.25, 0.3) is 0 Å². The fourth-order valence-corrected chi connectivity index (χ4v) is 2.79. The van der Waals surface area contributed by atoms with Gasteiger partial charge in [0.05, 0.1) is 18.3 Å². The maximum Gasteiger partial charge on any atom is 0.122 e. The molecule has 0 amide bonds. The predicted molar refractivity (Wildman–Crippen MR) is 94.1 cm³/mol. The molecule has 2 aromatic carbocycles. The number of hydrogen-bond acceptors (Lipinski definition) is 4. The molecule has 0 fully saturated rings. The van der Waals surface area contributed by atoms with E-state index in [1.165, 1.54) is 5.56 Å². The van der Waals surface area contributed by atoms with Gasteiger partial charge in [-0.1, -0.05) is 31.2 Å². The molecular formula is C19H21N3O. The van der Waals surface area contributed by atoms with Crippen molar-refractivity contribution in [1.82, 2.24) is 9.97 Å². The normalized spacial score (nSPS) is 12.1. The van der Waals surface area contributed by atoms with Crippen molar-refractivity contribution in [3.63, 3.8) is 0 Å². The highest BCUT2D eigenvalue weighted by molar-refractivity contribution is 5.87. The summed E-state index contributed by atoms with van der Waals surface area (Å²) in [6, 6.07) is 14.2. The van der Waals surface area contributed by atoms with Gasteiger partial charge in [0.1, 0.15) is 11.3 Å². The average molecular weight is 307 g/mol. The maximum absolute atomic E-state index is 5.45. The Labute approximate surface area is 136 Å². The van der Waals surface area contributed by atoms with E-state index in [1.54, 1.807) is 19.5 Å². The summed E-state index contributed by atoms with van der Waals surface area (Å²) in [6.45, 7) is 3.09. The molecule has 1 atom stereocenters. The molecule has 23 heavy (non-hydrogen) atoms. The van der Waals surface area contributed by atoms with Crippen LogP contribution in [0.4, 0.5) is 5.69 Å². The van der Waals surface area contributed by atoms with Crippen LogP contribution in [-0.4, -0.2) is 23.6 Å². The molecule has 0 saturated carbocycles. The van der Waals surface area contributed by atoms with Crippen LogP contribution >= 0.6 is 0 Å². The highest BCUT2D eigenvalue weighted by Gasteiger charge is 2.11. The molecule has 3 aromatic rings. The van der Waals surface area contributed by atoms with Gasteiger partial charge in [-0.05, 0) is 36.1 Å². The molecular weight excluding hydrogens is 286 g/mol. The van der Waals surface area contributed by atoms with E-state index in [0.29, 0.717) is 5.92 Å². The number of para-hydroxylation sites is 2. The van der Waals surface area contributed by atoms with Gasteiger partial charge >= 0.3 is 0 Å². The van der Waals surface area contributed by atoms with Gasteiger partial charge in [-0.15, -0.1) is 0 Å². The number of anilines is 1. The first kappa shape index (κ1) is 15.3. The summed E-state index contributed by atoms with van der Waals surface area (Å²) in [7, 11) is 1.72. The van der Waals surface area contributed by atoms with E-state index >= 15 is 0 Å². The molecule has 0 bridgehead atoms. The second-order valence-corrected chi connectivity index (χ2v) is 5.59. The molecule has 0 aliphatic heterocycles. The molecule has 118 valence electrons. The Hall–Kier alpha value is -2.62. The Bertz CT molecular complexity index is 783. The van der Waals surface area contributed by atoms with E-state index in [2.05, 4.69) is 34.3 Å². The number of fused-ring (bicyclic) bond motifs is 1. The minimum absolute atomic E-state index is 0.416. The summed E-state index contributed by atoms with van der Waals surface area (Å²) < 4.78 is 5.45. The van der Waals surface area contributed by atoms with Gasteiger partial charge in [0, 0.05) is 18.9 Å². The third-order valence-electron chi connectivity index (χ3n) is 4.06. The fourth-order valence-electron chi connectivity index (χ4n) is 2.79. The molecule has 1 N–H and O–H groups in total. The minimum atomic E-state index is 0.416. The van der Waals surface area contributed by atoms with Crippen LogP contribution in [0.15, 0.2) is 54.9 Å². The number of hydrogen-bond donors (Lipinski definition) is 1. The quantitative estimate of drug-likeness (QED) is 0.740. The van der Waals surface area contributed by atoms with Gasteiger partial charge in [-0.2, -0.15) is 0 Å². The van der Waals surface area contributed by atoms with Crippen molar-refractivity contribution in [2.45, 2.75) is 19.3 Å². The van der Waals surface area contributed by atoms with E-state index < -0.39 is 0 Å². The van der Waals surface area contributed by atoms with E-state index in [1.807, 2.05) is 30.3 Å². The van der Waals surface area contributed by atoms with E-state index in [9.17, 15) is 0 Å². The van der Waals surface area contributed by atoms with Crippen molar-refractivity contribution in [3.8, 4) is 5.75 Å². The van der Waals surface area contributed by atoms with Crippen molar-refractivity contribution >= 4 is 16.7 Å². The van der Waals surface area contributed by atoms with Crippen LogP contribution in [0.3, 0.4) is 0 Å². The Kier molecular flexibility index (Phi) is 4.71. The van der Waals surface area contributed by atoms with Crippen LogP contribution < -0.4 is 10.1 Å². The number of rotatable bonds is 6. The Morgan fingerprint density at radius 3 is 2.74 bits per heavy atom. The maximum atomic E-state index is 5.45. The van der Waals surface area contributed by atoms with Gasteiger partial charge in [-0.3, -0.25) is 9.97 Å². The highest BCUT2D eigenvalue weighted by Crippen LogP contribution is 2.28. The van der Waals surface area contributed by atoms with Crippen molar-refractivity contribution in [3.05, 3.63) is 60.4 Å². The van der Waals surface area contributed by atoms with Crippen molar-refractivity contribution < 1.29 is 4.74 Å². The van der Waals surface area contributed by atoms with Crippen LogP contribution in [0.2, 0.25) is 0 Å². The number of nitrogens with one attached hydrogen (secondary N) is 1. The van der Waals surface area contributed by atoms with Crippen LogP contribution in [0.5, 0.6) is 5.75 Å². The lowest BCUT2D eigenvalue weighted by molar-refractivity contribution is 0.405. The minimum Gasteiger partial charge on any atom is -0.496 e. The largest absolute Gasteiger partial charge is 0.496 e. The van der Waals surface area contributed by atoms with Crippen LogP contribution in [0.25, 0.3) is 11.0 Å². The monoisotopic (exact) mass is 307 g/mol. The first-order valence-electron chi connectivity index (χ1n) is 7.86. The first-order valence-corrected chi connectivity index (χ1v) is 7.86. The fraction of sp³-hybridized carbons (Fsp3) is 0.263. The lowest BCUT2D eigenvalue weighted by atomic mass is 9.97. The predicted octanol–water partition coefficient (Wildman–Crippen LogP) is 4.24. The standard InChI is InChI=1S/C19H21N3O/c1-14(15-6-3-4-9-18(15)23-2)10-11-20-16-7-5-8-17-19(16)22-13-12-21-17/h3-9,12-14,20H,10-11H2,1-2H3. The average Bonchev–Trinajstić information content (AvgIpc) is 2.61. The second-order valence-electron chi connectivity index (χ2n) is 5.59. The SMILES string of the molecule is COc1ccccc1C(C)CCNc1cccc2nccnc12. The van der Waals surface area contributed by atoms with Crippen molar-refractivity contribution in [1.29, 1.82) is 0 Å². The molecule has 0 aliphatic rings. The summed E-state index contributed by atoms with van der Waals surface area (Å²) in [6.07, 6.45) is 4.46. The third-order valence-corrected chi connectivity index (χ3v) is 4.06. The molecule has 0 saturated heterocycles. The second kappa shape index (κ2) is 7.09. The smallest absolute Gasteiger partial charge is 0.122 e. The van der Waals surface area contributed by atoms with Crippen LogP contribution in [0.1, 0.15) is 24.8 Å². The van der Waals surface area contributed by atoms with E-state index in [-0.39, 0.29) is 0 Å². The Morgan fingerprint density at radius 2 is 1.87 bits per heavy atom. The van der Waals surface area contributed by atoms with Gasteiger partial charge in [-0.25, -0.2) is 0 Å². The zero-order chi connectivity index (χ0) is 16.1.